The van der Waals surface area contributed by atoms with Gasteiger partial charge < -0.3 is 10.2 Å². The van der Waals surface area contributed by atoms with Crippen LogP contribution in [0.2, 0.25) is 0 Å². The molecule has 11 heteroatoms. The third kappa shape index (κ3) is 4.70. The second-order valence-corrected chi connectivity index (χ2v) is 9.38. The first kappa shape index (κ1) is 23.9. The lowest BCUT2D eigenvalue weighted by molar-refractivity contribution is -0.137. The number of carbonyl (C=O) groups excluding carboxylic acids is 2. The molecule has 1 fully saturated rings. The second kappa shape index (κ2) is 9.21. The molecule has 1 aromatic carbocycles. The van der Waals surface area contributed by atoms with Gasteiger partial charge in [-0.15, -0.1) is 11.3 Å². The summed E-state index contributed by atoms with van der Waals surface area (Å²) in [5.41, 5.74) is -0.955. The zero-order valence-electron chi connectivity index (χ0n) is 18.6. The molecule has 3 aromatic rings. The van der Waals surface area contributed by atoms with Crippen molar-refractivity contribution in [1.82, 2.24) is 14.5 Å². The Kier molecular flexibility index (Phi) is 6.48. The number of aromatic nitrogens is 2. The smallest absolute Gasteiger partial charge is 0.338 e. The average molecular weight is 493 g/mol. The second-order valence-electron chi connectivity index (χ2n) is 8.38. The van der Waals surface area contributed by atoms with Gasteiger partial charge in [0.25, 0.3) is 11.5 Å². The van der Waals surface area contributed by atoms with Crippen LogP contribution in [0, 0.1) is 6.92 Å². The van der Waals surface area contributed by atoms with Gasteiger partial charge in [0.1, 0.15) is 11.4 Å². The van der Waals surface area contributed by atoms with Crippen molar-refractivity contribution in [2.75, 3.05) is 11.9 Å². The van der Waals surface area contributed by atoms with E-state index >= 15 is 0 Å². The van der Waals surface area contributed by atoms with Crippen LogP contribution in [0.25, 0.3) is 10.2 Å². The maximum absolute atomic E-state index is 13.1. The van der Waals surface area contributed by atoms with E-state index in [-0.39, 0.29) is 34.4 Å². The number of carbonyl (C=O) groups is 2. The highest BCUT2D eigenvalue weighted by Crippen LogP contribution is 2.32. The minimum Gasteiger partial charge on any atom is -0.338 e. The van der Waals surface area contributed by atoms with Crippen LogP contribution in [0.4, 0.5) is 18.9 Å². The lowest BCUT2D eigenvalue weighted by Gasteiger charge is -2.33. The maximum Gasteiger partial charge on any atom is 0.416 e. The summed E-state index contributed by atoms with van der Waals surface area (Å²) in [4.78, 5) is 45.2. The number of piperidine rings is 1. The summed E-state index contributed by atoms with van der Waals surface area (Å²) < 4.78 is 40.1. The van der Waals surface area contributed by atoms with Crippen LogP contribution in [0.1, 0.15) is 47.0 Å². The monoisotopic (exact) mass is 492 g/mol. The van der Waals surface area contributed by atoms with Crippen LogP contribution in [-0.4, -0.2) is 38.9 Å². The van der Waals surface area contributed by atoms with E-state index in [0.717, 1.165) is 42.7 Å². The number of thiophene rings is 1. The standard InChI is InChI=1S/C23H23F3N4O3S/c1-13-6-3-4-9-30(13)17(31)11-29-12-27-21-18(22(29)33)14(2)19(34-21)20(32)28-16-8-5-7-15(10-16)23(24,25)26/h5,7-8,10,12-13H,3-4,6,9,11H2,1-2H3,(H,28,32)/t13-/m0/s1. The van der Waals surface area contributed by atoms with Crippen LogP contribution in [0.3, 0.4) is 0 Å². The van der Waals surface area contributed by atoms with E-state index < -0.39 is 23.2 Å². The molecular formula is C23H23F3N4O3S. The van der Waals surface area contributed by atoms with E-state index in [1.807, 2.05) is 6.92 Å². The number of anilines is 1. The molecule has 4 rings (SSSR count). The Balaban J connectivity index is 1.59. The van der Waals surface area contributed by atoms with E-state index in [4.69, 9.17) is 0 Å². The summed E-state index contributed by atoms with van der Waals surface area (Å²) in [7, 11) is 0. The number of nitrogens with one attached hydrogen (secondary N) is 1. The van der Waals surface area contributed by atoms with E-state index in [1.54, 1.807) is 11.8 Å². The highest BCUT2D eigenvalue weighted by atomic mass is 32.1. The fourth-order valence-electron chi connectivity index (χ4n) is 4.15. The minimum atomic E-state index is -4.54. The fraction of sp³-hybridized carbons (Fsp3) is 0.391. The van der Waals surface area contributed by atoms with Crippen molar-refractivity contribution in [3.63, 3.8) is 0 Å². The quantitative estimate of drug-likeness (QED) is 0.584. The normalized spacial score (nSPS) is 16.6. The van der Waals surface area contributed by atoms with Gasteiger partial charge in [0.15, 0.2) is 0 Å². The van der Waals surface area contributed by atoms with Crippen molar-refractivity contribution >= 4 is 39.1 Å². The van der Waals surface area contributed by atoms with E-state index in [1.165, 1.54) is 23.0 Å². The first-order valence-corrected chi connectivity index (χ1v) is 11.6. The number of halogens is 3. The van der Waals surface area contributed by atoms with E-state index in [9.17, 15) is 27.6 Å². The molecule has 0 bridgehead atoms. The van der Waals surface area contributed by atoms with Crippen molar-refractivity contribution < 1.29 is 22.8 Å². The Labute approximate surface area is 197 Å². The first-order chi connectivity index (χ1) is 16.1. The number of aryl methyl sites for hydroxylation is 1. The number of hydrogen-bond acceptors (Lipinski definition) is 5. The summed E-state index contributed by atoms with van der Waals surface area (Å²) in [5, 5.41) is 2.68. The highest BCUT2D eigenvalue weighted by Gasteiger charge is 2.31. The summed E-state index contributed by atoms with van der Waals surface area (Å²) in [6, 6.07) is 4.44. The molecule has 34 heavy (non-hydrogen) atoms. The zero-order valence-corrected chi connectivity index (χ0v) is 19.4. The Morgan fingerprint density at radius 1 is 1.26 bits per heavy atom. The maximum atomic E-state index is 13.1. The minimum absolute atomic E-state index is 0.0108. The lowest BCUT2D eigenvalue weighted by Crippen LogP contribution is -2.44. The van der Waals surface area contributed by atoms with Crippen molar-refractivity contribution in [3.05, 3.63) is 57.0 Å². The molecule has 0 saturated carbocycles. The molecule has 7 nitrogen and oxygen atoms in total. The molecule has 0 unspecified atom stereocenters. The molecular weight excluding hydrogens is 469 g/mol. The molecule has 1 saturated heterocycles. The molecule has 1 aliphatic rings. The number of rotatable bonds is 4. The van der Waals surface area contributed by atoms with Crippen LogP contribution in [0.15, 0.2) is 35.4 Å². The van der Waals surface area contributed by atoms with E-state index in [2.05, 4.69) is 10.3 Å². The van der Waals surface area contributed by atoms with Crippen molar-refractivity contribution in [3.8, 4) is 0 Å². The van der Waals surface area contributed by atoms with E-state index in [0.29, 0.717) is 16.9 Å². The van der Waals surface area contributed by atoms with Gasteiger partial charge >= 0.3 is 6.18 Å². The van der Waals surface area contributed by atoms with Gasteiger partial charge in [-0.3, -0.25) is 19.0 Å². The van der Waals surface area contributed by atoms with Gasteiger partial charge in [-0.05, 0) is 56.9 Å². The van der Waals surface area contributed by atoms with Crippen LogP contribution < -0.4 is 10.9 Å². The van der Waals surface area contributed by atoms with Gasteiger partial charge in [0.2, 0.25) is 5.91 Å². The largest absolute Gasteiger partial charge is 0.416 e. The predicted octanol–water partition coefficient (Wildman–Crippen LogP) is 4.44. The number of hydrogen-bond donors (Lipinski definition) is 1. The Morgan fingerprint density at radius 3 is 2.74 bits per heavy atom. The van der Waals surface area contributed by atoms with Crippen molar-refractivity contribution in [2.24, 2.45) is 0 Å². The van der Waals surface area contributed by atoms with Crippen LogP contribution >= 0.6 is 11.3 Å². The molecule has 0 aliphatic carbocycles. The molecule has 180 valence electrons. The van der Waals surface area contributed by atoms with Crippen LogP contribution in [0.5, 0.6) is 0 Å². The number of likely N-dealkylation sites (tertiary alicyclic amines) is 1. The van der Waals surface area contributed by atoms with Gasteiger partial charge in [0, 0.05) is 18.3 Å². The topological polar surface area (TPSA) is 84.3 Å². The van der Waals surface area contributed by atoms with Crippen LogP contribution in [-0.2, 0) is 17.5 Å². The fourth-order valence-corrected chi connectivity index (χ4v) is 5.19. The molecule has 0 spiro atoms. The molecule has 0 radical (unpaired) electrons. The number of amides is 2. The van der Waals surface area contributed by atoms with Gasteiger partial charge in [-0.1, -0.05) is 6.07 Å². The zero-order chi connectivity index (χ0) is 24.6. The van der Waals surface area contributed by atoms with Crippen molar-refractivity contribution in [2.45, 2.75) is 51.9 Å². The SMILES string of the molecule is Cc1c(C(=O)Nc2cccc(C(F)(F)F)c2)sc2ncn(CC(=O)N3CCCC[C@@H]3C)c(=O)c12. The molecule has 1 atom stereocenters. The Bertz CT molecular complexity index is 1320. The summed E-state index contributed by atoms with van der Waals surface area (Å²) in [6.07, 6.45) is -0.325. The Morgan fingerprint density at radius 2 is 2.03 bits per heavy atom. The van der Waals surface area contributed by atoms with Gasteiger partial charge in [0.05, 0.1) is 22.2 Å². The van der Waals surface area contributed by atoms with Gasteiger partial charge in [-0.2, -0.15) is 13.2 Å². The Hall–Kier alpha value is -3.21. The molecule has 1 aliphatic heterocycles. The number of alkyl halides is 3. The van der Waals surface area contributed by atoms with Crippen molar-refractivity contribution in [1.29, 1.82) is 0 Å². The summed E-state index contributed by atoms with van der Waals surface area (Å²) in [6.45, 7) is 4.08. The molecule has 2 amide bonds. The third-order valence-electron chi connectivity index (χ3n) is 6.00. The number of fused-ring (bicyclic) bond motifs is 1. The van der Waals surface area contributed by atoms with Gasteiger partial charge in [-0.25, -0.2) is 4.98 Å². The third-order valence-corrected chi connectivity index (χ3v) is 7.20. The molecule has 2 aromatic heterocycles. The molecule has 3 heterocycles. The predicted molar refractivity (Wildman–Crippen MR) is 123 cm³/mol. The molecule has 1 N–H and O–H groups in total. The summed E-state index contributed by atoms with van der Waals surface area (Å²) in [5.74, 6) is -0.796. The first-order valence-electron chi connectivity index (χ1n) is 10.8. The number of nitrogens with zero attached hydrogens (tertiary/aromatic N) is 3. The average Bonchev–Trinajstić information content (AvgIpc) is 3.12. The summed E-state index contributed by atoms with van der Waals surface area (Å²) >= 11 is 0.977. The lowest BCUT2D eigenvalue weighted by atomic mass is 10.0. The number of benzene rings is 1. The highest BCUT2D eigenvalue weighted by molar-refractivity contribution is 7.20.